The van der Waals surface area contributed by atoms with Crippen molar-refractivity contribution in [3.8, 4) is 0 Å². The van der Waals surface area contributed by atoms with Crippen LogP contribution in [-0.4, -0.2) is 46.7 Å². The van der Waals surface area contributed by atoms with Crippen molar-refractivity contribution in [1.82, 2.24) is 19.7 Å². The van der Waals surface area contributed by atoms with Gasteiger partial charge >= 0.3 is 0 Å². The second kappa shape index (κ2) is 5.55. The summed E-state index contributed by atoms with van der Waals surface area (Å²) in [5.41, 5.74) is 6.32. The second-order valence-electron chi connectivity index (χ2n) is 3.49. The molecule has 0 aliphatic carbocycles. The quantitative estimate of drug-likeness (QED) is 0.715. The minimum atomic E-state index is 0.446. The third-order valence-corrected chi connectivity index (χ3v) is 2.29. The maximum Gasteiger partial charge on any atom is 0.186 e. The number of hydrogen-bond acceptors (Lipinski definition) is 6. The van der Waals surface area contributed by atoms with Gasteiger partial charge in [-0.3, -0.25) is 4.68 Å². The van der Waals surface area contributed by atoms with E-state index >= 15 is 0 Å². The van der Waals surface area contributed by atoms with Crippen LogP contribution >= 0.6 is 0 Å². The summed E-state index contributed by atoms with van der Waals surface area (Å²) in [5, 5.41) is 5.03. The number of methoxy groups -OCH3 is 1. The number of ether oxygens (including phenoxy) is 2. The number of hydrogen-bond donors (Lipinski definition) is 1. The molecular weight excluding hydrogens is 222 g/mol. The van der Waals surface area contributed by atoms with Gasteiger partial charge in [0.05, 0.1) is 31.8 Å². The normalized spacial score (nSPS) is 11.1. The second-order valence-corrected chi connectivity index (χ2v) is 3.49. The van der Waals surface area contributed by atoms with Crippen LogP contribution in [0.25, 0.3) is 11.0 Å². The predicted octanol–water partition coefficient (Wildman–Crippen LogP) is 0.0715. The Morgan fingerprint density at radius 3 is 2.94 bits per heavy atom. The summed E-state index contributed by atoms with van der Waals surface area (Å²) in [6, 6.07) is 0. The minimum Gasteiger partial charge on any atom is -0.383 e. The van der Waals surface area contributed by atoms with E-state index in [1.54, 1.807) is 11.8 Å². The van der Waals surface area contributed by atoms with Gasteiger partial charge in [0.15, 0.2) is 5.65 Å². The molecule has 2 aromatic rings. The van der Waals surface area contributed by atoms with Crippen LogP contribution in [-0.2, 0) is 16.0 Å². The zero-order valence-corrected chi connectivity index (χ0v) is 9.67. The average molecular weight is 237 g/mol. The number of anilines is 1. The van der Waals surface area contributed by atoms with Gasteiger partial charge in [-0.2, -0.15) is 5.10 Å². The molecule has 17 heavy (non-hydrogen) atoms. The molecule has 92 valence electrons. The lowest BCUT2D eigenvalue weighted by molar-refractivity contribution is 0.0655. The van der Waals surface area contributed by atoms with Gasteiger partial charge in [0.25, 0.3) is 0 Å². The average Bonchev–Trinajstić information content (AvgIpc) is 2.73. The number of rotatable bonds is 6. The summed E-state index contributed by atoms with van der Waals surface area (Å²) in [4.78, 5) is 7.94. The van der Waals surface area contributed by atoms with Crippen LogP contribution in [0.15, 0.2) is 12.5 Å². The molecule has 0 unspecified atom stereocenters. The summed E-state index contributed by atoms with van der Waals surface area (Å²) in [5.74, 6) is 0.446. The van der Waals surface area contributed by atoms with Gasteiger partial charge < -0.3 is 15.2 Å². The van der Waals surface area contributed by atoms with E-state index in [-0.39, 0.29) is 0 Å². The highest BCUT2D eigenvalue weighted by Gasteiger charge is 2.05. The number of nitrogens with two attached hydrogens (primary N) is 1. The van der Waals surface area contributed by atoms with Crippen molar-refractivity contribution in [3.63, 3.8) is 0 Å². The smallest absolute Gasteiger partial charge is 0.186 e. The van der Waals surface area contributed by atoms with Crippen molar-refractivity contribution in [3.05, 3.63) is 12.5 Å². The van der Waals surface area contributed by atoms with E-state index in [9.17, 15) is 0 Å². The standard InChI is InChI=1S/C10H15N5O2/c1-16-4-5-17-3-2-15-6-8-9(11)12-7-13-10(8)14-15/h6-7H,2-5H2,1H3,(H2,11,12,13,14). The monoisotopic (exact) mass is 237 g/mol. The molecule has 0 fully saturated rings. The van der Waals surface area contributed by atoms with Crippen molar-refractivity contribution in [2.45, 2.75) is 6.54 Å². The molecule has 0 amide bonds. The third kappa shape index (κ3) is 2.89. The van der Waals surface area contributed by atoms with E-state index in [1.807, 2.05) is 6.20 Å². The van der Waals surface area contributed by atoms with Crippen LogP contribution in [0.4, 0.5) is 5.82 Å². The zero-order valence-electron chi connectivity index (χ0n) is 9.67. The lowest BCUT2D eigenvalue weighted by Crippen LogP contribution is -2.09. The van der Waals surface area contributed by atoms with E-state index in [0.29, 0.717) is 37.8 Å². The zero-order chi connectivity index (χ0) is 12.1. The van der Waals surface area contributed by atoms with E-state index in [0.717, 1.165) is 5.39 Å². The third-order valence-electron chi connectivity index (χ3n) is 2.29. The molecule has 0 saturated carbocycles. The van der Waals surface area contributed by atoms with Crippen molar-refractivity contribution in [2.24, 2.45) is 0 Å². The first kappa shape index (κ1) is 11.7. The molecule has 7 nitrogen and oxygen atoms in total. The Hall–Kier alpha value is -1.73. The molecular formula is C10H15N5O2. The molecule has 0 spiro atoms. The van der Waals surface area contributed by atoms with E-state index < -0.39 is 0 Å². The number of nitrogen functional groups attached to an aromatic ring is 1. The molecule has 2 N–H and O–H groups in total. The van der Waals surface area contributed by atoms with Gasteiger partial charge in [-0.1, -0.05) is 0 Å². The fourth-order valence-corrected chi connectivity index (χ4v) is 1.42. The van der Waals surface area contributed by atoms with Gasteiger partial charge in [-0.15, -0.1) is 0 Å². The van der Waals surface area contributed by atoms with Crippen LogP contribution < -0.4 is 5.73 Å². The van der Waals surface area contributed by atoms with Crippen LogP contribution in [0.5, 0.6) is 0 Å². The molecule has 0 saturated heterocycles. The van der Waals surface area contributed by atoms with Crippen LogP contribution in [0, 0.1) is 0 Å². The predicted molar refractivity (Wildman–Crippen MR) is 62.4 cm³/mol. The Balaban J connectivity index is 1.93. The number of aromatic nitrogens is 4. The van der Waals surface area contributed by atoms with Crippen LogP contribution in [0.2, 0.25) is 0 Å². The fourth-order valence-electron chi connectivity index (χ4n) is 1.42. The molecule has 0 aliphatic heterocycles. The highest BCUT2D eigenvalue weighted by molar-refractivity contribution is 5.84. The first-order chi connectivity index (χ1) is 8.31. The Labute approximate surface area is 98.6 Å². The van der Waals surface area contributed by atoms with E-state index in [2.05, 4.69) is 15.1 Å². The maximum atomic E-state index is 5.71. The number of fused-ring (bicyclic) bond motifs is 1. The Bertz CT molecular complexity index is 485. The molecule has 0 radical (unpaired) electrons. The van der Waals surface area contributed by atoms with Gasteiger partial charge in [-0.05, 0) is 0 Å². The maximum absolute atomic E-state index is 5.71. The van der Waals surface area contributed by atoms with E-state index in [4.69, 9.17) is 15.2 Å². The summed E-state index contributed by atoms with van der Waals surface area (Å²) in [6.07, 6.45) is 3.23. The van der Waals surface area contributed by atoms with Crippen molar-refractivity contribution < 1.29 is 9.47 Å². The molecule has 2 heterocycles. The van der Waals surface area contributed by atoms with Gasteiger partial charge in [0, 0.05) is 13.3 Å². The lowest BCUT2D eigenvalue weighted by atomic mass is 10.4. The summed E-state index contributed by atoms with van der Waals surface area (Å²) in [6.45, 7) is 2.41. The summed E-state index contributed by atoms with van der Waals surface area (Å²) >= 11 is 0. The molecule has 2 aromatic heterocycles. The van der Waals surface area contributed by atoms with Crippen molar-refractivity contribution in [2.75, 3.05) is 32.7 Å². The molecule has 0 aliphatic rings. The Morgan fingerprint density at radius 2 is 2.18 bits per heavy atom. The molecule has 7 heteroatoms. The summed E-state index contributed by atoms with van der Waals surface area (Å²) < 4.78 is 12.0. The minimum absolute atomic E-state index is 0.446. The van der Waals surface area contributed by atoms with Gasteiger partial charge in [0.1, 0.15) is 12.1 Å². The highest BCUT2D eigenvalue weighted by atomic mass is 16.5. The fraction of sp³-hybridized carbons (Fsp3) is 0.500. The van der Waals surface area contributed by atoms with Crippen molar-refractivity contribution in [1.29, 1.82) is 0 Å². The molecule has 2 rings (SSSR count). The van der Waals surface area contributed by atoms with Crippen molar-refractivity contribution >= 4 is 16.9 Å². The Kier molecular flexibility index (Phi) is 3.84. The SMILES string of the molecule is COCCOCCn1cc2c(N)ncnc2n1. The largest absolute Gasteiger partial charge is 0.383 e. The molecule has 0 aromatic carbocycles. The summed E-state index contributed by atoms with van der Waals surface area (Å²) in [7, 11) is 1.64. The Morgan fingerprint density at radius 1 is 1.29 bits per heavy atom. The topological polar surface area (TPSA) is 88.1 Å². The molecule has 0 atom stereocenters. The van der Waals surface area contributed by atoms with Gasteiger partial charge in [0.2, 0.25) is 0 Å². The van der Waals surface area contributed by atoms with Crippen LogP contribution in [0.1, 0.15) is 0 Å². The van der Waals surface area contributed by atoms with Gasteiger partial charge in [-0.25, -0.2) is 9.97 Å². The van der Waals surface area contributed by atoms with Crippen LogP contribution in [0.3, 0.4) is 0 Å². The number of nitrogens with zero attached hydrogens (tertiary/aromatic N) is 4. The first-order valence-electron chi connectivity index (χ1n) is 5.31. The lowest BCUT2D eigenvalue weighted by Gasteiger charge is -2.02. The highest BCUT2D eigenvalue weighted by Crippen LogP contribution is 2.13. The van der Waals surface area contributed by atoms with E-state index in [1.165, 1.54) is 6.33 Å². The molecule has 0 bridgehead atoms. The first-order valence-corrected chi connectivity index (χ1v) is 5.31.